The van der Waals surface area contributed by atoms with Crippen LogP contribution in [0.3, 0.4) is 0 Å². The van der Waals surface area contributed by atoms with Crippen LogP contribution in [0, 0.1) is 5.95 Å². The topological polar surface area (TPSA) is 64.1 Å². The summed E-state index contributed by atoms with van der Waals surface area (Å²) in [6.45, 7) is 0.327. The van der Waals surface area contributed by atoms with Gasteiger partial charge in [-0.15, -0.1) is 0 Å². The molecule has 5 nitrogen and oxygen atoms in total. The lowest BCUT2D eigenvalue weighted by molar-refractivity contribution is 0.0950. The second kappa shape index (κ2) is 5.90. The molecule has 0 spiro atoms. The molecular formula is C13H12FN3O2. The Balaban J connectivity index is 1.94. The summed E-state index contributed by atoms with van der Waals surface area (Å²) in [4.78, 5) is 19.2. The highest BCUT2D eigenvalue weighted by molar-refractivity contribution is 5.93. The molecule has 0 radical (unpaired) electrons. The average molecular weight is 261 g/mol. The van der Waals surface area contributed by atoms with Crippen molar-refractivity contribution in [3.05, 3.63) is 53.7 Å². The van der Waals surface area contributed by atoms with Crippen LogP contribution in [0.4, 0.5) is 4.39 Å². The normalized spacial score (nSPS) is 10.0. The number of nitrogens with zero attached hydrogens (tertiary/aromatic N) is 2. The van der Waals surface area contributed by atoms with Gasteiger partial charge < -0.3 is 10.1 Å². The smallest absolute Gasteiger partial charge is 0.253 e. The van der Waals surface area contributed by atoms with E-state index in [4.69, 9.17) is 4.74 Å². The van der Waals surface area contributed by atoms with E-state index in [-0.39, 0.29) is 5.91 Å². The highest BCUT2D eigenvalue weighted by atomic mass is 19.1. The molecule has 0 bridgehead atoms. The van der Waals surface area contributed by atoms with Crippen LogP contribution in [-0.4, -0.2) is 23.0 Å². The van der Waals surface area contributed by atoms with Crippen molar-refractivity contribution in [2.45, 2.75) is 6.54 Å². The predicted molar refractivity (Wildman–Crippen MR) is 66.2 cm³/mol. The Kier molecular flexibility index (Phi) is 4.02. The third kappa shape index (κ3) is 3.48. The number of carbonyl (C=O) groups is 1. The predicted octanol–water partition coefficient (Wildman–Crippen LogP) is 1.55. The van der Waals surface area contributed by atoms with Gasteiger partial charge in [-0.1, -0.05) is 6.07 Å². The van der Waals surface area contributed by atoms with Crippen LogP contribution in [0.15, 0.2) is 36.7 Å². The van der Waals surface area contributed by atoms with Crippen molar-refractivity contribution in [1.82, 2.24) is 15.3 Å². The van der Waals surface area contributed by atoms with E-state index < -0.39 is 5.95 Å². The molecule has 0 saturated carbocycles. The zero-order valence-electron chi connectivity index (χ0n) is 10.3. The Labute approximate surface area is 109 Å². The van der Waals surface area contributed by atoms with Gasteiger partial charge in [-0.2, -0.15) is 4.39 Å². The number of halogens is 1. The lowest BCUT2D eigenvalue weighted by Crippen LogP contribution is -2.23. The molecule has 1 amide bonds. The quantitative estimate of drug-likeness (QED) is 0.848. The van der Waals surface area contributed by atoms with Crippen molar-refractivity contribution in [3.8, 4) is 5.88 Å². The number of carbonyl (C=O) groups excluding carboxylic acids is 1. The number of methoxy groups -OCH3 is 1. The minimum Gasteiger partial charge on any atom is -0.481 e. The molecule has 0 atom stereocenters. The first-order valence-electron chi connectivity index (χ1n) is 5.57. The Bertz CT molecular complexity index is 555. The van der Waals surface area contributed by atoms with Gasteiger partial charge in [0.25, 0.3) is 5.91 Å². The monoisotopic (exact) mass is 261 g/mol. The van der Waals surface area contributed by atoms with Gasteiger partial charge in [0, 0.05) is 25.0 Å². The zero-order chi connectivity index (χ0) is 13.7. The molecule has 0 unspecified atom stereocenters. The summed E-state index contributed by atoms with van der Waals surface area (Å²) in [6.07, 6.45) is 2.80. The first kappa shape index (κ1) is 12.9. The van der Waals surface area contributed by atoms with E-state index in [2.05, 4.69) is 15.3 Å². The SMILES string of the molecule is COc1ccc(CNC(=O)c2ccc(F)nc2)cn1. The number of hydrogen-bond acceptors (Lipinski definition) is 4. The second-order valence-corrected chi connectivity index (χ2v) is 3.76. The number of ether oxygens (including phenoxy) is 1. The van der Waals surface area contributed by atoms with Crippen molar-refractivity contribution in [2.75, 3.05) is 7.11 Å². The lowest BCUT2D eigenvalue weighted by atomic mass is 10.2. The number of pyridine rings is 2. The van der Waals surface area contributed by atoms with Gasteiger partial charge in [-0.25, -0.2) is 9.97 Å². The summed E-state index contributed by atoms with van der Waals surface area (Å²) in [5.74, 6) is -0.419. The van der Waals surface area contributed by atoms with E-state index >= 15 is 0 Å². The van der Waals surface area contributed by atoms with Crippen LogP contribution in [0.2, 0.25) is 0 Å². The van der Waals surface area contributed by atoms with E-state index in [1.807, 2.05) is 0 Å². The molecule has 19 heavy (non-hydrogen) atoms. The zero-order valence-corrected chi connectivity index (χ0v) is 10.3. The summed E-state index contributed by atoms with van der Waals surface area (Å²) in [7, 11) is 1.53. The number of rotatable bonds is 4. The maximum absolute atomic E-state index is 12.6. The number of hydrogen-bond donors (Lipinski definition) is 1. The summed E-state index contributed by atoms with van der Waals surface area (Å²) in [5.41, 5.74) is 1.15. The van der Waals surface area contributed by atoms with Gasteiger partial charge >= 0.3 is 0 Å². The van der Waals surface area contributed by atoms with Crippen LogP contribution in [0.5, 0.6) is 5.88 Å². The molecule has 6 heteroatoms. The third-order valence-electron chi connectivity index (χ3n) is 2.45. The summed E-state index contributed by atoms with van der Waals surface area (Å²) < 4.78 is 17.5. The minimum absolute atomic E-state index is 0.308. The molecule has 2 rings (SSSR count). The van der Waals surface area contributed by atoms with Crippen molar-refractivity contribution in [2.24, 2.45) is 0 Å². The molecule has 2 aromatic rings. The van der Waals surface area contributed by atoms with Gasteiger partial charge in [0.05, 0.1) is 12.7 Å². The average Bonchev–Trinajstić information content (AvgIpc) is 2.46. The first-order valence-corrected chi connectivity index (χ1v) is 5.57. The van der Waals surface area contributed by atoms with Crippen molar-refractivity contribution >= 4 is 5.91 Å². The number of amides is 1. The van der Waals surface area contributed by atoms with Gasteiger partial charge in [0.1, 0.15) is 0 Å². The third-order valence-corrected chi connectivity index (χ3v) is 2.45. The largest absolute Gasteiger partial charge is 0.481 e. The van der Waals surface area contributed by atoms with Crippen LogP contribution >= 0.6 is 0 Å². The van der Waals surface area contributed by atoms with E-state index in [9.17, 15) is 9.18 Å². The van der Waals surface area contributed by atoms with E-state index in [0.29, 0.717) is 18.0 Å². The van der Waals surface area contributed by atoms with Crippen LogP contribution in [0.25, 0.3) is 0 Å². The molecule has 0 aliphatic carbocycles. The Morgan fingerprint density at radius 3 is 2.68 bits per heavy atom. The second-order valence-electron chi connectivity index (χ2n) is 3.76. The van der Waals surface area contributed by atoms with Crippen molar-refractivity contribution in [3.63, 3.8) is 0 Å². The van der Waals surface area contributed by atoms with E-state index in [0.717, 1.165) is 11.6 Å². The van der Waals surface area contributed by atoms with Gasteiger partial charge in [-0.3, -0.25) is 4.79 Å². The molecule has 0 aliphatic rings. The number of nitrogens with one attached hydrogen (secondary N) is 1. The first-order chi connectivity index (χ1) is 9.19. The van der Waals surface area contributed by atoms with Gasteiger partial charge in [0.15, 0.2) is 0 Å². The molecule has 98 valence electrons. The highest BCUT2D eigenvalue weighted by Crippen LogP contribution is 2.06. The molecule has 0 aromatic carbocycles. The fourth-order valence-corrected chi connectivity index (χ4v) is 1.43. The van der Waals surface area contributed by atoms with Crippen LogP contribution in [0.1, 0.15) is 15.9 Å². The minimum atomic E-state index is -0.615. The van der Waals surface area contributed by atoms with Gasteiger partial charge in [0.2, 0.25) is 11.8 Å². The highest BCUT2D eigenvalue weighted by Gasteiger charge is 2.06. The standard InChI is InChI=1S/C13H12FN3O2/c1-19-12-5-2-9(6-16-12)7-17-13(18)10-3-4-11(14)15-8-10/h2-6,8H,7H2,1H3,(H,17,18). The maximum Gasteiger partial charge on any atom is 0.253 e. The molecular weight excluding hydrogens is 249 g/mol. The van der Waals surface area contributed by atoms with E-state index in [1.165, 1.54) is 19.4 Å². The van der Waals surface area contributed by atoms with Crippen molar-refractivity contribution < 1.29 is 13.9 Å². The summed E-state index contributed by atoms with van der Waals surface area (Å²) >= 11 is 0. The molecule has 0 aliphatic heterocycles. The fourth-order valence-electron chi connectivity index (χ4n) is 1.43. The molecule has 0 saturated heterocycles. The van der Waals surface area contributed by atoms with Crippen molar-refractivity contribution in [1.29, 1.82) is 0 Å². The molecule has 2 heterocycles. The Morgan fingerprint density at radius 1 is 1.26 bits per heavy atom. The van der Waals surface area contributed by atoms with Crippen LogP contribution < -0.4 is 10.1 Å². The molecule has 1 N–H and O–H groups in total. The van der Waals surface area contributed by atoms with Gasteiger partial charge in [-0.05, 0) is 17.7 Å². The summed E-state index contributed by atoms with van der Waals surface area (Å²) in [5, 5.41) is 2.69. The lowest BCUT2D eigenvalue weighted by Gasteiger charge is -2.05. The maximum atomic E-state index is 12.6. The summed E-state index contributed by atoms with van der Waals surface area (Å²) in [6, 6.07) is 6.03. The fraction of sp³-hybridized carbons (Fsp3) is 0.154. The molecule has 2 aromatic heterocycles. The number of aromatic nitrogens is 2. The van der Waals surface area contributed by atoms with E-state index in [1.54, 1.807) is 18.3 Å². The Morgan fingerprint density at radius 2 is 2.11 bits per heavy atom. The van der Waals surface area contributed by atoms with Crippen LogP contribution in [-0.2, 0) is 6.54 Å². The Hall–Kier alpha value is -2.50. The molecule has 0 fully saturated rings.